The van der Waals surface area contributed by atoms with Crippen LogP contribution in [0.15, 0.2) is 28.0 Å². The first-order valence-corrected chi connectivity index (χ1v) is 7.52. The second-order valence-electron chi connectivity index (χ2n) is 4.70. The lowest BCUT2D eigenvalue weighted by molar-refractivity contribution is 0.355. The van der Waals surface area contributed by atoms with E-state index in [2.05, 4.69) is 4.99 Å². The third kappa shape index (κ3) is 2.58. The number of hydrogen-bond acceptors (Lipinski definition) is 5. The van der Waals surface area contributed by atoms with Crippen molar-refractivity contribution in [3.8, 4) is 11.5 Å². The molecule has 2 heterocycles. The molecule has 3 rings (SSSR count). The molecule has 21 heavy (non-hydrogen) atoms. The number of rotatable bonds is 3. The quantitative estimate of drug-likeness (QED) is 0.842. The van der Waals surface area contributed by atoms with E-state index in [0.29, 0.717) is 16.0 Å². The van der Waals surface area contributed by atoms with Gasteiger partial charge in [0.05, 0.1) is 18.8 Å². The summed E-state index contributed by atoms with van der Waals surface area (Å²) in [7, 11) is 3.20. The molecule has 0 fully saturated rings. The number of methoxy groups -OCH3 is 2. The zero-order valence-electron chi connectivity index (χ0n) is 12.0. The molecule has 6 heteroatoms. The molecule has 0 amide bonds. The van der Waals surface area contributed by atoms with Crippen molar-refractivity contribution >= 4 is 17.4 Å². The van der Waals surface area contributed by atoms with Crippen molar-refractivity contribution in [3.05, 3.63) is 43.5 Å². The number of ether oxygens (including phenoxy) is 2. The first-order chi connectivity index (χ1) is 10.2. The van der Waals surface area contributed by atoms with Gasteiger partial charge < -0.3 is 9.47 Å². The highest BCUT2D eigenvalue weighted by atomic mass is 32.1. The summed E-state index contributed by atoms with van der Waals surface area (Å²) in [6, 6.07) is 5.60. The molecule has 0 aliphatic carbocycles. The maximum absolute atomic E-state index is 12.3. The van der Waals surface area contributed by atoms with Gasteiger partial charge in [0, 0.05) is 13.1 Å². The summed E-state index contributed by atoms with van der Waals surface area (Å²) in [5.74, 6) is 1.32. The molecule has 0 spiro atoms. The molecular formula is C15H16N2O3S. The van der Waals surface area contributed by atoms with Crippen LogP contribution in [0, 0.1) is 0 Å². The van der Waals surface area contributed by atoms with Crippen LogP contribution >= 0.6 is 11.3 Å². The fraction of sp³-hybridized carbons (Fsp3) is 0.333. The molecule has 0 unspecified atom stereocenters. The molecule has 0 saturated heterocycles. The van der Waals surface area contributed by atoms with Gasteiger partial charge in [-0.05, 0) is 30.2 Å². The summed E-state index contributed by atoms with van der Waals surface area (Å²) in [4.78, 5) is 17.5. The van der Waals surface area contributed by atoms with E-state index in [1.54, 1.807) is 18.8 Å². The first-order valence-electron chi connectivity index (χ1n) is 6.71. The van der Waals surface area contributed by atoms with E-state index in [9.17, 15) is 4.79 Å². The lowest BCUT2D eigenvalue weighted by atomic mass is 10.2. The van der Waals surface area contributed by atoms with Gasteiger partial charge in [-0.1, -0.05) is 17.4 Å². The lowest BCUT2D eigenvalue weighted by Crippen LogP contribution is -2.33. The molecule has 0 N–H and O–H groups in total. The van der Waals surface area contributed by atoms with Crippen LogP contribution in [0.25, 0.3) is 6.08 Å². The van der Waals surface area contributed by atoms with Crippen molar-refractivity contribution in [2.24, 2.45) is 4.99 Å². The highest BCUT2D eigenvalue weighted by Crippen LogP contribution is 2.27. The van der Waals surface area contributed by atoms with Gasteiger partial charge in [0.1, 0.15) is 0 Å². The van der Waals surface area contributed by atoms with Crippen molar-refractivity contribution in [2.45, 2.75) is 13.0 Å². The van der Waals surface area contributed by atoms with Gasteiger partial charge in [0.2, 0.25) is 0 Å². The molecule has 110 valence electrons. The number of benzene rings is 1. The van der Waals surface area contributed by atoms with E-state index in [1.807, 2.05) is 24.3 Å². The predicted octanol–water partition coefficient (Wildman–Crippen LogP) is 0.779. The van der Waals surface area contributed by atoms with Crippen molar-refractivity contribution in [1.29, 1.82) is 0 Å². The molecule has 0 atom stereocenters. The fourth-order valence-electron chi connectivity index (χ4n) is 2.32. The van der Waals surface area contributed by atoms with Crippen molar-refractivity contribution in [3.63, 3.8) is 0 Å². The Morgan fingerprint density at radius 2 is 2.10 bits per heavy atom. The Morgan fingerprint density at radius 3 is 2.81 bits per heavy atom. The van der Waals surface area contributed by atoms with Gasteiger partial charge in [-0.25, -0.2) is 0 Å². The minimum absolute atomic E-state index is 0.0354. The van der Waals surface area contributed by atoms with E-state index in [4.69, 9.17) is 9.47 Å². The smallest absolute Gasteiger partial charge is 0.270 e. The second-order valence-corrected chi connectivity index (χ2v) is 5.71. The predicted molar refractivity (Wildman–Crippen MR) is 82.0 cm³/mol. The van der Waals surface area contributed by atoms with E-state index < -0.39 is 0 Å². The lowest BCUT2D eigenvalue weighted by Gasteiger charge is -2.07. The van der Waals surface area contributed by atoms with Crippen LogP contribution in [-0.2, 0) is 6.54 Å². The van der Waals surface area contributed by atoms with Gasteiger partial charge in [0.25, 0.3) is 5.56 Å². The Labute approximate surface area is 125 Å². The molecule has 0 bridgehead atoms. The molecule has 2 aromatic rings. The summed E-state index contributed by atoms with van der Waals surface area (Å²) >= 11 is 1.44. The number of nitrogens with zero attached hydrogens (tertiary/aromatic N) is 2. The number of thiazole rings is 1. The van der Waals surface area contributed by atoms with E-state index in [1.165, 1.54) is 11.3 Å². The maximum Gasteiger partial charge on any atom is 0.270 e. The van der Waals surface area contributed by atoms with Crippen molar-refractivity contribution < 1.29 is 9.47 Å². The first kappa shape index (κ1) is 13.9. The van der Waals surface area contributed by atoms with Crippen LogP contribution in [-0.4, -0.2) is 25.3 Å². The van der Waals surface area contributed by atoms with Crippen LogP contribution in [0.2, 0.25) is 0 Å². The molecule has 5 nitrogen and oxygen atoms in total. The summed E-state index contributed by atoms with van der Waals surface area (Å²) in [6.07, 6.45) is 2.80. The Hall–Kier alpha value is -2.08. The normalized spacial score (nSPS) is 14.5. The standard InChI is InChI=1S/C15H16N2O3S/c1-19-11-5-4-10(8-12(11)20-2)9-13-14(18)17-7-3-6-16-15(17)21-13/h4-5,8-9H,3,6-7H2,1-2H3/b13-9+. The van der Waals surface area contributed by atoms with Gasteiger partial charge in [0.15, 0.2) is 16.3 Å². The third-order valence-electron chi connectivity index (χ3n) is 3.38. The monoisotopic (exact) mass is 304 g/mol. The van der Waals surface area contributed by atoms with Gasteiger partial charge >= 0.3 is 0 Å². The highest BCUT2D eigenvalue weighted by Gasteiger charge is 2.09. The second kappa shape index (κ2) is 5.73. The average molecular weight is 304 g/mol. The zero-order valence-corrected chi connectivity index (χ0v) is 12.8. The summed E-state index contributed by atoms with van der Waals surface area (Å²) in [5.41, 5.74) is 0.942. The van der Waals surface area contributed by atoms with Crippen LogP contribution < -0.4 is 24.4 Å². The van der Waals surface area contributed by atoms with Crippen molar-refractivity contribution in [2.75, 3.05) is 20.8 Å². The molecular weight excluding hydrogens is 288 g/mol. The Bertz CT molecular complexity index is 836. The third-order valence-corrected chi connectivity index (χ3v) is 4.42. The highest BCUT2D eigenvalue weighted by molar-refractivity contribution is 7.07. The van der Waals surface area contributed by atoms with Crippen LogP contribution in [0.5, 0.6) is 11.5 Å². The van der Waals surface area contributed by atoms with E-state index in [-0.39, 0.29) is 5.56 Å². The van der Waals surface area contributed by atoms with Crippen molar-refractivity contribution in [1.82, 2.24) is 4.57 Å². The van der Waals surface area contributed by atoms with Crippen LogP contribution in [0.1, 0.15) is 12.0 Å². The minimum atomic E-state index is 0.0354. The summed E-state index contributed by atoms with van der Waals surface area (Å²) in [5, 5.41) is 0. The number of aromatic nitrogens is 1. The molecule has 0 radical (unpaired) electrons. The number of hydrogen-bond donors (Lipinski definition) is 0. The average Bonchev–Trinajstić information content (AvgIpc) is 2.84. The zero-order chi connectivity index (χ0) is 14.8. The Morgan fingerprint density at radius 1 is 1.29 bits per heavy atom. The molecule has 1 aliphatic rings. The number of fused-ring (bicyclic) bond motifs is 1. The molecule has 1 aromatic carbocycles. The molecule has 1 aromatic heterocycles. The van der Waals surface area contributed by atoms with Gasteiger partial charge in [-0.2, -0.15) is 0 Å². The summed E-state index contributed by atoms with van der Waals surface area (Å²) < 4.78 is 12.9. The van der Waals surface area contributed by atoms with Crippen LogP contribution in [0.4, 0.5) is 0 Å². The van der Waals surface area contributed by atoms with Gasteiger partial charge in [-0.3, -0.25) is 14.4 Å². The SMILES string of the molecule is COc1ccc(/C=c2/sc3n(c2=O)CCCN=3)cc1OC. The Balaban J connectivity index is 2.11. The fourth-order valence-corrected chi connectivity index (χ4v) is 3.35. The minimum Gasteiger partial charge on any atom is -0.493 e. The van der Waals surface area contributed by atoms with Crippen LogP contribution in [0.3, 0.4) is 0 Å². The van der Waals surface area contributed by atoms with E-state index in [0.717, 1.165) is 29.9 Å². The van der Waals surface area contributed by atoms with Gasteiger partial charge in [-0.15, -0.1) is 0 Å². The van der Waals surface area contributed by atoms with E-state index >= 15 is 0 Å². The molecule has 1 aliphatic heterocycles. The topological polar surface area (TPSA) is 52.8 Å². The summed E-state index contributed by atoms with van der Waals surface area (Å²) in [6.45, 7) is 1.56. The Kier molecular flexibility index (Phi) is 3.79. The largest absolute Gasteiger partial charge is 0.493 e. The molecule has 0 saturated carbocycles. The maximum atomic E-state index is 12.3.